The second kappa shape index (κ2) is 6.44. The number of ketones is 1. The second-order valence-corrected chi connectivity index (χ2v) is 5.25. The number of hydrogen-bond acceptors (Lipinski definition) is 4. The molecule has 2 aromatic rings. The molecule has 0 saturated carbocycles. The third kappa shape index (κ3) is 3.29. The van der Waals surface area contributed by atoms with E-state index in [-0.39, 0.29) is 11.7 Å². The van der Waals surface area contributed by atoms with Crippen LogP contribution in [0.5, 0.6) is 0 Å². The molecule has 0 radical (unpaired) electrons. The minimum absolute atomic E-state index is 0.111. The molecule has 1 aliphatic heterocycles. The smallest absolute Gasteiger partial charge is 0.333 e. The molecule has 0 bridgehead atoms. The fourth-order valence-electron chi connectivity index (χ4n) is 2.39. The van der Waals surface area contributed by atoms with Crippen molar-refractivity contribution in [1.29, 1.82) is 0 Å². The highest BCUT2D eigenvalue weighted by atomic mass is 16.7. The van der Waals surface area contributed by atoms with Crippen LogP contribution in [-0.2, 0) is 9.63 Å². The fourth-order valence-corrected chi connectivity index (χ4v) is 2.39. The highest BCUT2D eigenvalue weighted by molar-refractivity contribution is 6.09. The van der Waals surface area contributed by atoms with Gasteiger partial charge >= 0.3 is 5.97 Å². The summed E-state index contributed by atoms with van der Waals surface area (Å²) in [5.74, 6) is -0.895. The highest BCUT2D eigenvalue weighted by Crippen LogP contribution is 2.15. The maximum absolute atomic E-state index is 12.3. The van der Waals surface area contributed by atoms with Crippen LogP contribution < -0.4 is 0 Å². The van der Waals surface area contributed by atoms with Crippen LogP contribution >= 0.6 is 0 Å². The van der Waals surface area contributed by atoms with Gasteiger partial charge in [0.2, 0.25) is 0 Å². The predicted octanol–water partition coefficient (Wildman–Crippen LogP) is 2.61. The summed E-state index contributed by atoms with van der Waals surface area (Å²) in [6.07, 6.45) is 1.09. The van der Waals surface area contributed by atoms with Crippen molar-refractivity contribution in [2.45, 2.75) is 12.8 Å². The van der Waals surface area contributed by atoms with Crippen LogP contribution in [0.15, 0.2) is 54.6 Å². The molecule has 0 unspecified atom stereocenters. The molecule has 1 aliphatic rings. The molecule has 0 spiro atoms. The number of carbonyl (C=O) groups is 3. The maximum atomic E-state index is 12.3. The molecule has 0 N–H and O–H groups in total. The number of amides is 1. The Morgan fingerprint density at radius 1 is 0.870 bits per heavy atom. The van der Waals surface area contributed by atoms with E-state index in [2.05, 4.69) is 0 Å². The lowest BCUT2D eigenvalue weighted by Gasteiger charge is -2.14. The first kappa shape index (κ1) is 15.0. The first-order chi connectivity index (χ1) is 11.1. The van der Waals surface area contributed by atoms with Crippen LogP contribution in [-0.4, -0.2) is 29.3 Å². The zero-order chi connectivity index (χ0) is 16.2. The van der Waals surface area contributed by atoms with Gasteiger partial charge in [0.05, 0.1) is 12.1 Å². The van der Waals surface area contributed by atoms with Crippen molar-refractivity contribution in [2.24, 2.45) is 0 Å². The van der Waals surface area contributed by atoms with Crippen molar-refractivity contribution in [3.8, 4) is 0 Å². The van der Waals surface area contributed by atoms with Crippen LogP contribution in [0.2, 0.25) is 0 Å². The first-order valence-corrected chi connectivity index (χ1v) is 7.37. The summed E-state index contributed by atoms with van der Waals surface area (Å²) in [5.41, 5.74) is 1.38. The summed E-state index contributed by atoms with van der Waals surface area (Å²) in [5, 5.41) is 1.09. The zero-order valence-electron chi connectivity index (χ0n) is 12.4. The summed E-state index contributed by atoms with van der Waals surface area (Å²) in [6, 6.07) is 15.1. The lowest BCUT2D eigenvalue weighted by molar-refractivity contribution is -0.159. The summed E-state index contributed by atoms with van der Waals surface area (Å²) in [6.45, 7) is 0.426. The average Bonchev–Trinajstić information content (AvgIpc) is 3.00. The van der Waals surface area contributed by atoms with E-state index in [0.29, 0.717) is 36.1 Å². The van der Waals surface area contributed by atoms with Gasteiger partial charge < -0.3 is 4.84 Å². The fraction of sp³-hybridized carbons (Fsp3) is 0.167. The summed E-state index contributed by atoms with van der Waals surface area (Å²) in [4.78, 5) is 40.8. The normalized spacial score (nSPS) is 13.9. The van der Waals surface area contributed by atoms with Gasteiger partial charge in [-0.15, -0.1) is 0 Å². The van der Waals surface area contributed by atoms with E-state index in [9.17, 15) is 14.4 Å². The molecule has 1 heterocycles. The molecular weight excluding hydrogens is 294 g/mol. The molecule has 5 heteroatoms. The first-order valence-electron chi connectivity index (χ1n) is 7.37. The minimum atomic E-state index is -0.598. The Kier molecular flexibility index (Phi) is 4.19. The molecule has 116 valence electrons. The van der Waals surface area contributed by atoms with Gasteiger partial charge in [-0.25, -0.2) is 4.79 Å². The van der Waals surface area contributed by atoms with Gasteiger partial charge in [0.1, 0.15) is 0 Å². The van der Waals surface area contributed by atoms with Gasteiger partial charge in [-0.05, 0) is 18.6 Å². The van der Waals surface area contributed by atoms with Crippen molar-refractivity contribution in [3.05, 3.63) is 71.3 Å². The lowest BCUT2D eigenvalue weighted by Crippen LogP contribution is -2.28. The number of nitrogens with zero attached hydrogens (tertiary/aromatic N) is 1. The quantitative estimate of drug-likeness (QED) is 0.814. The Hall–Kier alpha value is -2.95. The molecule has 1 fully saturated rings. The monoisotopic (exact) mass is 309 g/mol. The molecule has 1 amide bonds. The second-order valence-electron chi connectivity index (χ2n) is 5.25. The molecule has 2 aromatic carbocycles. The van der Waals surface area contributed by atoms with Crippen molar-refractivity contribution in [3.63, 3.8) is 0 Å². The molecular formula is C18H15NO4. The van der Waals surface area contributed by atoms with Crippen molar-refractivity contribution < 1.29 is 19.2 Å². The van der Waals surface area contributed by atoms with Gasteiger partial charge in [-0.3, -0.25) is 9.59 Å². The maximum Gasteiger partial charge on any atom is 0.363 e. The molecule has 0 aliphatic carbocycles. The third-order valence-electron chi connectivity index (χ3n) is 3.64. The van der Waals surface area contributed by atoms with E-state index in [4.69, 9.17) is 4.84 Å². The summed E-state index contributed by atoms with van der Waals surface area (Å²) in [7, 11) is 0. The van der Waals surface area contributed by atoms with Crippen LogP contribution in [0.1, 0.15) is 39.1 Å². The third-order valence-corrected chi connectivity index (χ3v) is 3.64. The Balaban J connectivity index is 1.70. The van der Waals surface area contributed by atoms with Crippen molar-refractivity contribution in [2.75, 3.05) is 6.54 Å². The van der Waals surface area contributed by atoms with Crippen LogP contribution in [0.4, 0.5) is 0 Å². The number of hydrogen-bond donors (Lipinski definition) is 0. The number of carbonyl (C=O) groups excluding carboxylic acids is 3. The molecule has 1 saturated heterocycles. The van der Waals surface area contributed by atoms with Crippen LogP contribution in [0.25, 0.3) is 0 Å². The molecule has 23 heavy (non-hydrogen) atoms. The van der Waals surface area contributed by atoms with Gasteiger partial charge in [-0.2, -0.15) is 5.06 Å². The van der Waals surface area contributed by atoms with Gasteiger partial charge in [0, 0.05) is 17.5 Å². The number of benzene rings is 2. The van der Waals surface area contributed by atoms with Gasteiger partial charge in [-0.1, -0.05) is 42.5 Å². The zero-order valence-corrected chi connectivity index (χ0v) is 12.4. The van der Waals surface area contributed by atoms with Gasteiger partial charge in [0.25, 0.3) is 5.91 Å². The van der Waals surface area contributed by atoms with Gasteiger partial charge in [0.15, 0.2) is 5.78 Å². The molecule has 3 rings (SSSR count). The largest absolute Gasteiger partial charge is 0.363 e. The summed E-state index contributed by atoms with van der Waals surface area (Å²) < 4.78 is 0. The topological polar surface area (TPSA) is 63.7 Å². The van der Waals surface area contributed by atoms with Crippen LogP contribution in [0.3, 0.4) is 0 Å². The van der Waals surface area contributed by atoms with E-state index in [1.54, 1.807) is 36.4 Å². The Bertz CT molecular complexity index is 737. The minimum Gasteiger partial charge on any atom is -0.333 e. The number of hydroxylamine groups is 2. The SMILES string of the molecule is O=C(ON1CCCC1=O)c1ccc(C(=O)c2ccccc2)cc1. The van der Waals surface area contributed by atoms with E-state index < -0.39 is 5.97 Å². The Morgan fingerprint density at radius 3 is 2.09 bits per heavy atom. The Labute approximate surface area is 133 Å². The standard InChI is InChI=1S/C18H15NO4/c20-16-7-4-12-19(16)23-18(22)15-10-8-14(9-11-15)17(21)13-5-2-1-3-6-13/h1-3,5-6,8-11H,4,7,12H2. The van der Waals surface area contributed by atoms with E-state index in [0.717, 1.165) is 5.06 Å². The average molecular weight is 309 g/mol. The lowest BCUT2D eigenvalue weighted by atomic mass is 10.0. The van der Waals surface area contributed by atoms with E-state index in [1.807, 2.05) is 6.07 Å². The molecule has 0 aromatic heterocycles. The molecule has 5 nitrogen and oxygen atoms in total. The van der Waals surface area contributed by atoms with E-state index in [1.165, 1.54) is 12.1 Å². The molecule has 0 atom stereocenters. The Morgan fingerprint density at radius 2 is 1.48 bits per heavy atom. The van der Waals surface area contributed by atoms with E-state index >= 15 is 0 Å². The van der Waals surface area contributed by atoms with Crippen molar-refractivity contribution in [1.82, 2.24) is 5.06 Å². The predicted molar refractivity (Wildman–Crippen MR) is 82.7 cm³/mol. The highest BCUT2D eigenvalue weighted by Gasteiger charge is 2.24. The van der Waals surface area contributed by atoms with Crippen LogP contribution in [0, 0.1) is 0 Å². The van der Waals surface area contributed by atoms with Crippen molar-refractivity contribution >= 4 is 17.7 Å². The number of rotatable bonds is 4. The summed E-state index contributed by atoms with van der Waals surface area (Å²) >= 11 is 0.